The number of anilines is 1. The number of aromatic nitrogens is 2. The molecule has 5 heteroatoms. The van der Waals surface area contributed by atoms with Gasteiger partial charge in [-0.1, -0.05) is 6.07 Å². The second kappa shape index (κ2) is 4.49. The summed E-state index contributed by atoms with van der Waals surface area (Å²) in [4.78, 5) is 15.4. The largest absolute Gasteiger partial charge is 0.394 e. The normalized spacial score (nSPS) is 10.3. The Labute approximate surface area is 101 Å². The molecule has 16 heavy (non-hydrogen) atoms. The molecule has 2 rings (SSSR count). The van der Waals surface area contributed by atoms with Gasteiger partial charge in [-0.3, -0.25) is 9.78 Å². The van der Waals surface area contributed by atoms with Gasteiger partial charge in [-0.2, -0.15) is 0 Å². The third-order valence-corrected chi connectivity index (χ3v) is 2.72. The highest BCUT2D eigenvalue weighted by Crippen LogP contribution is 2.08. The molecule has 4 nitrogen and oxygen atoms in total. The van der Waals surface area contributed by atoms with Gasteiger partial charge in [0, 0.05) is 31.3 Å². The first-order chi connectivity index (χ1) is 7.66. The van der Waals surface area contributed by atoms with Gasteiger partial charge in [0.15, 0.2) is 0 Å². The lowest BCUT2D eigenvalue weighted by Gasteiger charge is -2.07. The molecule has 0 aromatic carbocycles. The van der Waals surface area contributed by atoms with Crippen molar-refractivity contribution in [1.29, 1.82) is 0 Å². The third-order valence-electron chi connectivity index (χ3n) is 2.15. The number of nitrogens with two attached hydrogens (primary N) is 1. The molecule has 0 amide bonds. The summed E-state index contributed by atoms with van der Waals surface area (Å²) in [5.41, 5.74) is 6.71. The molecule has 2 heterocycles. The fourth-order valence-electron chi connectivity index (χ4n) is 1.41. The van der Waals surface area contributed by atoms with Gasteiger partial charge in [0.05, 0.1) is 10.2 Å². The van der Waals surface area contributed by atoms with Gasteiger partial charge in [-0.25, -0.2) is 0 Å². The standard InChI is InChI=1S/C11H10BrN3O/c12-9-6-15(7-10(13)11(9)16)5-8-2-1-3-14-4-8/h1-4,6-7H,5,13H2. The van der Waals surface area contributed by atoms with Crippen molar-refractivity contribution in [3.8, 4) is 0 Å². The van der Waals surface area contributed by atoms with Gasteiger partial charge in [0.2, 0.25) is 5.43 Å². The summed E-state index contributed by atoms with van der Waals surface area (Å²) < 4.78 is 2.31. The van der Waals surface area contributed by atoms with E-state index in [-0.39, 0.29) is 11.1 Å². The Hall–Kier alpha value is -1.62. The smallest absolute Gasteiger partial charge is 0.218 e. The van der Waals surface area contributed by atoms with Crippen LogP contribution in [0.4, 0.5) is 5.69 Å². The quantitative estimate of drug-likeness (QED) is 0.909. The molecule has 0 radical (unpaired) electrons. The van der Waals surface area contributed by atoms with Crippen LogP contribution in [0, 0.1) is 0 Å². The Bertz CT molecular complexity index is 525. The second-order valence-electron chi connectivity index (χ2n) is 3.42. The Kier molecular flexibility index (Phi) is 3.05. The van der Waals surface area contributed by atoms with E-state index >= 15 is 0 Å². The Morgan fingerprint density at radius 3 is 2.88 bits per heavy atom. The summed E-state index contributed by atoms with van der Waals surface area (Å²) in [6.07, 6.45) is 6.84. The molecule has 0 atom stereocenters. The topological polar surface area (TPSA) is 60.9 Å². The zero-order chi connectivity index (χ0) is 11.5. The van der Waals surface area contributed by atoms with Crippen molar-refractivity contribution in [3.05, 3.63) is 57.2 Å². The first-order valence-corrected chi connectivity index (χ1v) is 5.50. The highest BCUT2D eigenvalue weighted by atomic mass is 79.9. The van der Waals surface area contributed by atoms with E-state index in [1.165, 1.54) is 0 Å². The van der Waals surface area contributed by atoms with Crippen molar-refractivity contribution >= 4 is 21.6 Å². The van der Waals surface area contributed by atoms with Gasteiger partial charge < -0.3 is 10.3 Å². The molecule has 0 fully saturated rings. The lowest BCUT2D eigenvalue weighted by Crippen LogP contribution is -2.13. The Morgan fingerprint density at radius 2 is 2.25 bits per heavy atom. The summed E-state index contributed by atoms with van der Waals surface area (Å²) in [5, 5.41) is 0. The summed E-state index contributed by atoms with van der Waals surface area (Å²) in [6.45, 7) is 0.636. The maximum atomic E-state index is 11.4. The van der Waals surface area contributed by atoms with Crippen LogP contribution < -0.4 is 11.2 Å². The SMILES string of the molecule is Nc1cn(Cc2cccnc2)cc(Br)c1=O. The molecular weight excluding hydrogens is 270 g/mol. The van der Waals surface area contributed by atoms with Crippen LogP contribution in [0.2, 0.25) is 0 Å². The maximum Gasteiger partial charge on any atom is 0.218 e. The van der Waals surface area contributed by atoms with Crippen molar-refractivity contribution in [2.75, 3.05) is 5.73 Å². The summed E-state index contributed by atoms with van der Waals surface area (Å²) in [6, 6.07) is 3.84. The fraction of sp³-hybridized carbons (Fsp3) is 0.0909. The average Bonchev–Trinajstić information content (AvgIpc) is 2.27. The van der Waals surface area contributed by atoms with Crippen molar-refractivity contribution in [2.24, 2.45) is 0 Å². The number of hydrogen-bond donors (Lipinski definition) is 1. The van der Waals surface area contributed by atoms with Gasteiger partial charge in [0.1, 0.15) is 0 Å². The van der Waals surface area contributed by atoms with Gasteiger partial charge in [0.25, 0.3) is 0 Å². The molecule has 0 aliphatic heterocycles. The fourth-order valence-corrected chi connectivity index (χ4v) is 1.90. The molecule has 2 aromatic rings. The Balaban J connectivity index is 2.33. The van der Waals surface area contributed by atoms with Crippen molar-refractivity contribution in [3.63, 3.8) is 0 Å². The maximum absolute atomic E-state index is 11.4. The minimum atomic E-state index is -0.178. The van der Waals surface area contributed by atoms with Gasteiger partial charge >= 0.3 is 0 Å². The van der Waals surface area contributed by atoms with Crippen LogP contribution in [0.1, 0.15) is 5.56 Å². The Morgan fingerprint density at radius 1 is 1.44 bits per heavy atom. The number of rotatable bonds is 2. The van der Waals surface area contributed by atoms with E-state index < -0.39 is 0 Å². The van der Waals surface area contributed by atoms with Crippen LogP contribution in [0.25, 0.3) is 0 Å². The lowest BCUT2D eigenvalue weighted by atomic mass is 10.3. The van der Waals surface area contributed by atoms with Gasteiger partial charge in [-0.15, -0.1) is 0 Å². The van der Waals surface area contributed by atoms with E-state index in [1.807, 2.05) is 16.7 Å². The molecule has 0 bridgehead atoms. The summed E-state index contributed by atoms with van der Waals surface area (Å²) in [5.74, 6) is 0. The summed E-state index contributed by atoms with van der Waals surface area (Å²) >= 11 is 3.18. The molecule has 82 valence electrons. The highest BCUT2D eigenvalue weighted by molar-refractivity contribution is 9.10. The zero-order valence-corrected chi connectivity index (χ0v) is 10.0. The number of nitrogen functional groups attached to an aromatic ring is 1. The molecule has 2 N–H and O–H groups in total. The van der Waals surface area contributed by atoms with Crippen LogP contribution in [-0.2, 0) is 6.54 Å². The molecule has 0 unspecified atom stereocenters. The van der Waals surface area contributed by atoms with E-state index in [0.717, 1.165) is 5.56 Å². The van der Waals surface area contributed by atoms with E-state index in [0.29, 0.717) is 11.0 Å². The molecule has 0 aliphatic rings. The zero-order valence-electron chi connectivity index (χ0n) is 8.43. The molecule has 0 saturated carbocycles. The minimum absolute atomic E-state index is 0.178. The predicted octanol–water partition coefficient (Wildman–Crippen LogP) is 1.64. The van der Waals surface area contributed by atoms with E-state index in [1.54, 1.807) is 24.8 Å². The van der Waals surface area contributed by atoms with Crippen LogP contribution in [-0.4, -0.2) is 9.55 Å². The van der Waals surface area contributed by atoms with Gasteiger partial charge in [-0.05, 0) is 27.6 Å². The molecule has 0 spiro atoms. The first kappa shape index (κ1) is 10.9. The lowest BCUT2D eigenvalue weighted by molar-refractivity contribution is 0.783. The summed E-state index contributed by atoms with van der Waals surface area (Å²) in [7, 11) is 0. The average molecular weight is 280 g/mol. The monoisotopic (exact) mass is 279 g/mol. The number of nitrogens with zero attached hydrogens (tertiary/aromatic N) is 2. The van der Waals surface area contributed by atoms with Crippen LogP contribution in [0.15, 0.2) is 46.2 Å². The number of halogens is 1. The number of hydrogen-bond acceptors (Lipinski definition) is 3. The van der Waals surface area contributed by atoms with Crippen molar-refractivity contribution < 1.29 is 0 Å². The third kappa shape index (κ3) is 2.30. The molecular formula is C11H10BrN3O. The van der Waals surface area contributed by atoms with E-state index in [2.05, 4.69) is 20.9 Å². The second-order valence-corrected chi connectivity index (χ2v) is 4.28. The van der Waals surface area contributed by atoms with Crippen LogP contribution in [0.3, 0.4) is 0 Å². The van der Waals surface area contributed by atoms with Crippen molar-refractivity contribution in [2.45, 2.75) is 6.54 Å². The van der Waals surface area contributed by atoms with Crippen LogP contribution >= 0.6 is 15.9 Å². The number of pyridine rings is 2. The van der Waals surface area contributed by atoms with E-state index in [4.69, 9.17) is 5.73 Å². The van der Waals surface area contributed by atoms with Crippen molar-refractivity contribution in [1.82, 2.24) is 9.55 Å². The minimum Gasteiger partial charge on any atom is -0.394 e. The molecule has 0 aliphatic carbocycles. The first-order valence-electron chi connectivity index (χ1n) is 4.71. The van der Waals surface area contributed by atoms with Crippen LogP contribution in [0.5, 0.6) is 0 Å². The predicted molar refractivity (Wildman–Crippen MR) is 66.2 cm³/mol. The molecule has 2 aromatic heterocycles. The highest BCUT2D eigenvalue weighted by Gasteiger charge is 2.02. The van der Waals surface area contributed by atoms with E-state index in [9.17, 15) is 4.79 Å². The molecule has 0 saturated heterocycles.